The van der Waals surface area contributed by atoms with Gasteiger partial charge in [-0.05, 0) is 47.5 Å². The van der Waals surface area contributed by atoms with Gasteiger partial charge in [-0.2, -0.15) is 0 Å². The number of hydrogen-bond donors (Lipinski definition) is 0. The molecule has 7 aromatic carbocycles. The van der Waals surface area contributed by atoms with Crippen molar-refractivity contribution in [2.45, 2.75) is 0 Å². The molecule has 3 aromatic heterocycles. The predicted molar refractivity (Wildman–Crippen MR) is 203 cm³/mol. The normalized spacial score (nSPS) is 11.6. The van der Waals surface area contributed by atoms with Gasteiger partial charge in [0.2, 0.25) is 0 Å². The summed E-state index contributed by atoms with van der Waals surface area (Å²) in [5.41, 5.74) is 9.90. The Labute approximate surface area is 287 Å². The lowest BCUT2D eigenvalue weighted by molar-refractivity contribution is 0.673. The minimum atomic E-state index is 0.564. The standard InChI is InChI=1S/C45H28N4O/c1-4-13-29(14-5-1)30-23-25-32(26-24-30)44-46-43(31-15-6-2-7-16-31)47-45(48-44)37-21-12-20-34-35-27-28-39-40(42(35)50-41(34)37)36-19-10-11-22-38(36)49(39)33-17-8-3-9-18-33/h1-28H. The van der Waals surface area contributed by atoms with Gasteiger partial charge in [-0.15, -0.1) is 0 Å². The smallest absolute Gasteiger partial charge is 0.167 e. The van der Waals surface area contributed by atoms with Crippen molar-refractivity contribution in [3.8, 4) is 51.0 Å². The van der Waals surface area contributed by atoms with E-state index in [4.69, 9.17) is 19.4 Å². The first-order valence-corrected chi connectivity index (χ1v) is 16.7. The van der Waals surface area contributed by atoms with Crippen molar-refractivity contribution in [3.63, 3.8) is 0 Å². The molecule has 234 valence electrons. The zero-order valence-electron chi connectivity index (χ0n) is 26.9. The van der Waals surface area contributed by atoms with E-state index >= 15 is 0 Å². The molecular weight excluding hydrogens is 613 g/mol. The van der Waals surface area contributed by atoms with Gasteiger partial charge in [-0.1, -0.05) is 133 Å². The van der Waals surface area contributed by atoms with E-state index in [2.05, 4.69) is 126 Å². The summed E-state index contributed by atoms with van der Waals surface area (Å²) in [6.07, 6.45) is 0. The quantitative estimate of drug-likeness (QED) is 0.188. The van der Waals surface area contributed by atoms with Crippen LogP contribution in [0.4, 0.5) is 0 Å². The molecule has 5 heteroatoms. The van der Waals surface area contributed by atoms with Gasteiger partial charge in [0.1, 0.15) is 11.2 Å². The van der Waals surface area contributed by atoms with E-state index in [1.165, 1.54) is 0 Å². The molecule has 0 bridgehead atoms. The second-order valence-electron chi connectivity index (χ2n) is 12.4. The SMILES string of the molecule is c1ccc(-c2ccc(-c3nc(-c4ccccc4)nc(-c4cccc5c4oc4c5ccc5c4c4ccccc4n5-c4ccccc4)n3)cc2)cc1. The summed E-state index contributed by atoms with van der Waals surface area (Å²) < 4.78 is 9.26. The van der Waals surface area contributed by atoms with Gasteiger partial charge in [0.15, 0.2) is 17.5 Å². The van der Waals surface area contributed by atoms with E-state index in [9.17, 15) is 0 Å². The second-order valence-corrected chi connectivity index (χ2v) is 12.4. The molecule has 5 nitrogen and oxygen atoms in total. The third-order valence-corrected chi connectivity index (χ3v) is 9.47. The van der Waals surface area contributed by atoms with Crippen LogP contribution in [0, 0.1) is 0 Å². The van der Waals surface area contributed by atoms with Crippen LogP contribution in [0.2, 0.25) is 0 Å². The highest BCUT2D eigenvalue weighted by Crippen LogP contribution is 2.42. The maximum Gasteiger partial charge on any atom is 0.167 e. The van der Waals surface area contributed by atoms with Crippen molar-refractivity contribution in [2.75, 3.05) is 0 Å². The van der Waals surface area contributed by atoms with E-state index in [1.807, 2.05) is 48.5 Å². The lowest BCUT2D eigenvalue weighted by Gasteiger charge is -2.09. The molecule has 10 aromatic rings. The van der Waals surface area contributed by atoms with Crippen molar-refractivity contribution >= 4 is 43.7 Å². The largest absolute Gasteiger partial charge is 0.455 e. The Bertz CT molecular complexity index is 2840. The van der Waals surface area contributed by atoms with Crippen molar-refractivity contribution < 1.29 is 4.42 Å². The Morgan fingerprint density at radius 2 is 0.900 bits per heavy atom. The van der Waals surface area contributed by atoms with E-state index in [0.717, 1.165) is 77.2 Å². The Balaban J connectivity index is 1.19. The van der Waals surface area contributed by atoms with Gasteiger partial charge in [-0.3, -0.25) is 0 Å². The lowest BCUT2D eigenvalue weighted by Crippen LogP contribution is -2.00. The highest BCUT2D eigenvalue weighted by Gasteiger charge is 2.21. The van der Waals surface area contributed by atoms with Crippen LogP contribution in [-0.4, -0.2) is 19.5 Å². The Morgan fingerprint density at radius 3 is 1.64 bits per heavy atom. The average molecular weight is 641 g/mol. The molecule has 0 aliphatic heterocycles. The van der Waals surface area contributed by atoms with E-state index in [0.29, 0.717) is 17.5 Å². The van der Waals surface area contributed by atoms with Crippen molar-refractivity contribution in [3.05, 3.63) is 170 Å². The Kier molecular flexibility index (Phi) is 6.42. The third-order valence-electron chi connectivity index (χ3n) is 9.47. The number of rotatable bonds is 5. The zero-order chi connectivity index (χ0) is 33.0. The van der Waals surface area contributed by atoms with Crippen LogP contribution in [0.25, 0.3) is 94.7 Å². The summed E-state index contributed by atoms with van der Waals surface area (Å²) >= 11 is 0. The molecule has 0 fully saturated rings. The van der Waals surface area contributed by atoms with Crippen LogP contribution < -0.4 is 0 Å². The lowest BCUT2D eigenvalue weighted by atomic mass is 10.0. The number of hydrogen-bond acceptors (Lipinski definition) is 4. The Morgan fingerprint density at radius 1 is 0.360 bits per heavy atom. The number of para-hydroxylation sites is 3. The first-order chi connectivity index (χ1) is 24.8. The summed E-state index contributed by atoms with van der Waals surface area (Å²) in [4.78, 5) is 15.1. The first kappa shape index (κ1) is 28.2. The molecule has 0 atom stereocenters. The highest BCUT2D eigenvalue weighted by molar-refractivity contribution is 6.24. The summed E-state index contributed by atoms with van der Waals surface area (Å²) in [5.74, 6) is 1.78. The topological polar surface area (TPSA) is 56.7 Å². The van der Waals surface area contributed by atoms with Crippen molar-refractivity contribution in [1.29, 1.82) is 0 Å². The van der Waals surface area contributed by atoms with Crippen LogP contribution in [0.1, 0.15) is 0 Å². The fourth-order valence-electron chi connectivity index (χ4n) is 7.12. The van der Waals surface area contributed by atoms with Gasteiger partial charge >= 0.3 is 0 Å². The van der Waals surface area contributed by atoms with Crippen LogP contribution in [0.5, 0.6) is 0 Å². The average Bonchev–Trinajstić information content (AvgIpc) is 3.75. The fraction of sp³-hybridized carbons (Fsp3) is 0. The van der Waals surface area contributed by atoms with Crippen molar-refractivity contribution in [1.82, 2.24) is 19.5 Å². The third kappa shape index (κ3) is 4.52. The first-order valence-electron chi connectivity index (χ1n) is 16.7. The molecule has 0 radical (unpaired) electrons. The van der Waals surface area contributed by atoms with E-state index in [-0.39, 0.29) is 0 Å². The van der Waals surface area contributed by atoms with E-state index in [1.54, 1.807) is 0 Å². The molecule has 0 aliphatic rings. The summed E-state index contributed by atoms with van der Waals surface area (Å²) in [6.45, 7) is 0. The molecule has 0 saturated carbocycles. The molecule has 10 rings (SSSR count). The van der Waals surface area contributed by atoms with Crippen molar-refractivity contribution in [2.24, 2.45) is 0 Å². The second kappa shape index (κ2) is 11.4. The highest BCUT2D eigenvalue weighted by atomic mass is 16.3. The molecule has 0 aliphatic carbocycles. The van der Waals surface area contributed by atoms with Gasteiger partial charge in [0, 0.05) is 33.0 Å². The Hall–Kier alpha value is -6.85. The van der Waals surface area contributed by atoms with Crippen LogP contribution >= 0.6 is 0 Å². The number of fused-ring (bicyclic) bond motifs is 7. The van der Waals surface area contributed by atoms with Crippen LogP contribution in [-0.2, 0) is 0 Å². The maximum atomic E-state index is 6.95. The molecule has 0 saturated heterocycles. The predicted octanol–water partition coefficient (Wildman–Crippen LogP) is 11.5. The molecule has 0 N–H and O–H groups in total. The summed E-state index contributed by atoms with van der Waals surface area (Å²) in [7, 11) is 0. The minimum absolute atomic E-state index is 0.564. The zero-order valence-corrected chi connectivity index (χ0v) is 26.9. The number of benzene rings is 7. The fourth-order valence-corrected chi connectivity index (χ4v) is 7.12. The molecule has 0 amide bonds. The molecule has 3 heterocycles. The summed E-state index contributed by atoms with van der Waals surface area (Å²) in [5, 5.41) is 4.31. The molecule has 50 heavy (non-hydrogen) atoms. The van der Waals surface area contributed by atoms with Crippen LogP contribution in [0.3, 0.4) is 0 Å². The van der Waals surface area contributed by atoms with Gasteiger partial charge in [0.05, 0.1) is 22.0 Å². The van der Waals surface area contributed by atoms with Gasteiger partial charge in [0.25, 0.3) is 0 Å². The molecule has 0 unspecified atom stereocenters. The monoisotopic (exact) mass is 640 g/mol. The summed E-state index contributed by atoms with van der Waals surface area (Å²) in [6, 6.07) is 58.5. The number of aromatic nitrogens is 4. The van der Waals surface area contributed by atoms with E-state index < -0.39 is 0 Å². The molecular formula is C45H28N4O. The minimum Gasteiger partial charge on any atom is -0.455 e. The maximum absolute atomic E-state index is 6.95. The number of nitrogens with zero attached hydrogens (tertiary/aromatic N) is 4. The van der Waals surface area contributed by atoms with Crippen LogP contribution in [0.15, 0.2) is 174 Å². The molecule has 0 spiro atoms. The van der Waals surface area contributed by atoms with Gasteiger partial charge < -0.3 is 8.98 Å². The number of furan rings is 1. The van der Waals surface area contributed by atoms with Gasteiger partial charge in [-0.25, -0.2) is 15.0 Å².